The van der Waals surface area contributed by atoms with Gasteiger partial charge in [-0.3, -0.25) is 0 Å². The molecule has 84 valence electrons. The Balaban J connectivity index is 2.53. The van der Waals surface area contributed by atoms with E-state index >= 15 is 0 Å². The first kappa shape index (κ1) is 12.1. The van der Waals surface area contributed by atoms with Crippen LogP contribution in [0.5, 0.6) is 0 Å². The summed E-state index contributed by atoms with van der Waals surface area (Å²) in [5.41, 5.74) is 6.21. The van der Waals surface area contributed by atoms with Crippen molar-refractivity contribution in [3.63, 3.8) is 0 Å². The second-order valence-electron chi connectivity index (χ2n) is 3.40. The molecular weight excluding hydrogens is 214 g/mol. The van der Waals surface area contributed by atoms with E-state index in [-0.39, 0.29) is 6.10 Å². The van der Waals surface area contributed by atoms with Gasteiger partial charge in [0.05, 0.1) is 11.8 Å². The van der Waals surface area contributed by atoms with Gasteiger partial charge in [-0.1, -0.05) is 24.9 Å². The molecule has 0 amide bonds. The van der Waals surface area contributed by atoms with Crippen LogP contribution in [0, 0.1) is 0 Å². The number of nitrogens with two attached hydrogens (primary N) is 1. The summed E-state index contributed by atoms with van der Waals surface area (Å²) in [5.74, 6) is 0.526. The van der Waals surface area contributed by atoms with Crippen LogP contribution < -0.4 is 11.1 Å². The summed E-state index contributed by atoms with van der Waals surface area (Å²) < 4.78 is 0. The first-order chi connectivity index (χ1) is 7.13. The fraction of sp³-hybridized carbons (Fsp3) is 0.500. The van der Waals surface area contributed by atoms with E-state index in [2.05, 4.69) is 10.3 Å². The van der Waals surface area contributed by atoms with Crippen LogP contribution in [0.2, 0.25) is 5.15 Å². The number of rotatable bonds is 5. The summed E-state index contributed by atoms with van der Waals surface area (Å²) in [6.07, 6.45) is 1.32. The van der Waals surface area contributed by atoms with Crippen LogP contribution in [0.4, 0.5) is 11.5 Å². The zero-order valence-electron chi connectivity index (χ0n) is 8.70. The van der Waals surface area contributed by atoms with E-state index in [0.29, 0.717) is 23.2 Å². The molecular formula is C10H16ClN3O. The third-order valence-electron chi connectivity index (χ3n) is 2.02. The molecule has 0 saturated carbocycles. The number of pyridine rings is 1. The highest BCUT2D eigenvalue weighted by atomic mass is 35.5. The molecule has 0 saturated heterocycles. The minimum Gasteiger partial charge on any atom is -0.396 e. The lowest BCUT2D eigenvalue weighted by molar-refractivity contribution is 0.176. The molecule has 1 rings (SSSR count). The molecule has 0 fully saturated rings. The molecule has 0 radical (unpaired) electrons. The third-order valence-corrected chi connectivity index (χ3v) is 2.23. The highest BCUT2D eigenvalue weighted by Crippen LogP contribution is 2.18. The van der Waals surface area contributed by atoms with Gasteiger partial charge in [0, 0.05) is 6.54 Å². The number of nitrogens with zero attached hydrogens (tertiary/aromatic N) is 1. The molecule has 0 aromatic carbocycles. The monoisotopic (exact) mass is 229 g/mol. The first-order valence-electron chi connectivity index (χ1n) is 4.97. The van der Waals surface area contributed by atoms with Gasteiger partial charge in [0.1, 0.15) is 5.15 Å². The number of anilines is 2. The fourth-order valence-electron chi connectivity index (χ4n) is 1.24. The van der Waals surface area contributed by atoms with Gasteiger partial charge in [0.25, 0.3) is 0 Å². The maximum Gasteiger partial charge on any atom is 0.151 e. The molecule has 1 atom stereocenters. The smallest absolute Gasteiger partial charge is 0.151 e. The van der Waals surface area contributed by atoms with E-state index in [4.69, 9.17) is 17.3 Å². The van der Waals surface area contributed by atoms with Crippen molar-refractivity contribution in [1.29, 1.82) is 0 Å². The SMILES string of the molecule is CCCC(O)CNc1nc(Cl)ccc1N. The average molecular weight is 230 g/mol. The summed E-state index contributed by atoms with van der Waals surface area (Å²) in [5, 5.41) is 12.9. The first-order valence-corrected chi connectivity index (χ1v) is 5.35. The molecule has 4 nitrogen and oxygen atoms in total. The van der Waals surface area contributed by atoms with Crippen LogP contribution in [0.15, 0.2) is 12.1 Å². The van der Waals surface area contributed by atoms with Crippen LogP contribution in [-0.4, -0.2) is 22.7 Å². The number of aliphatic hydroxyl groups excluding tert-OH is 1. The quantitative estimate of drug-likeness (QED) is 0.675. The van der Waals surface area contributed by atoms with Gasteiger partial charge < -0.3 is 16.2 Å². The molecule has 4 N–H and O–H groups in total. The van der Waals surface area contributed by atoms with Crippen molar-refractivity contribution < 1.29 is 5.11 Å². The predicted molar refractivity (Wildman–Crippen MR) is 63.1 cm³/mol. The van der Waals surface area contributed by atoms with Gasteiger partial charge in [-0.05, 0) is 18.6 Å². The molecule has 0 spiro atoms. The van der Waals surface area contributed by atoms with Crippen molar-refractivity contribution in [1.82, 2.24) is 4.98 Å². The normalized spacial score (nSPS) is 12.5. The Kier molecular flexibility index (Phi) is 4.65. The van der Waals surface area contributed by atoms with Gasteiger partial charge in [0.2, 0.25) is 0 Å². The minimum atomic E-state index is -0.379. The van der Waals surface area contributed by atoms with E-state index in [1.54, 1.807) is 12.1 Å². The molecule has 0 bridgehead atoms. The number of aliphatic hydroxyl groups is 1. The number of hydrogen-bond acceptors (Lipinski definition) is 4. The average Bonchev–Trinajstić information content (AvgIpc) is 2.20. The zero-order chi connectivity index (χ0) is 11.3. The summed E-state index contributed by atoms with van der Waals surface area (Å²) in [6.45, 7) is 2.46. The molecule has 5 heteroatoms. The fourth-order valence-corrected chi connectivity index (χ4v) is 1.38. The van der Waals surface area contributed by atoms with Crippen molar-refractivity contribution in [3.8, 4) is 0 Å². The minimum absolute atomic E-state index is 0.379. The maximum atomic E-state index is 9.51. The Morgan fingerprint density at radius 3 is 3.00 bits per heavy atom. The molecule has 1 unspecified atom stereocenters. The predicted octanol–water partition coefficient (Wildman–Crippen LogP) is 1.89. The molecule has 1 aromatic heterocycles. The Hall–Kier alpha value is -1.00. The van der Waals surface area contributed by atoms with E-state index in [1.807, 2.05) is 6.92 Å². The van der Waals surface area contributed by atoms with Crippen molar-refractivity contribution in [2.24, 2.45) is 0 Å². The van der Waals surface area contributed by atoms with E-state index in [9.17, 15) is 5.11 Å². The molecule has 1 aromatic rings. The largest absolute Gasteiger partial charge is 0.396 e. The molecule has 0 aliphatic carbocycles. The van der Waals surface area contributed by atoms with Crippen LogP contribution in [-0.2, 0) is 0 Å². The Labute approximate surface area is 94.5 Å². The summed E-state index contributed by atoms with van der Waals surface area (Å²) in [6, 6.07) is 3.31. The summed E-state index contributed by atoms with van der Waals surface area (Å²) in [4.78, 5) is 4.02. The number of hydrogen-bond donors (Lipinski definition) is 3. The van der Waals surface area contributed by atoms with Crippen LogP contribution in [0.3, 0.4) is 0 Å². The highest BCUT2D eigenvalue weighted by molar-refractivity contribution is 6.29. The molecule has 1 heterocycles. The number of nitrogen functional groups attached to an aromatic ring is 1. The summed E-state index contributed by atoms with van der Waals surface area (Å²) >= 11 is 5.72. The Morgan fingerprint density at radius 1 is 1.60 bits per heavy atom. The second-order valence-corrected chi connectivity index (χ2v) is 3.78. The maximum absolute atomic E-state index is 9.51. The standard InChI is InChI=1S/C10H16ClN3O/c1-2-3-7(15)6-13-10-8(12)4-5-9(11)14-10/h4-5,7,15H,2-3,6,12H2,1H3,(H,13,14). The van der Waals surface area contributed by atoms with Crippen LogP contribution >= 0.6 is 11.6 Å². The highest BCUT2D eigenvalue weighted by Gasteiger charge is 2.05. The van der Waals surface area contributed by atoms with Gasteiger partial charge in [-0.25, -0.2) is 4.98 Å². The third kappa shape index (κ3) is 3.93. The molecule has 0 aliphatic heterocycles. The molecule has 0 aliphatic rings. The van der Waals surface area contributed by atoms with Crippen LogP contribution in [0.1, 0.15) is 19.8 Å². The summed E-state index contributed by atoms with van der Waals surface area (Å²) in [7, 11) is 0. The van der Waals surface area contributed by atoms with E-state index in [1.165, 1.54) is 0 Å². The van der Waals surface area contributed by atoms with Crippen molar-refractivity contribution in [3.05, 3.63) is 17.3 Å². The van der Waals surface area contributed by atoms with Gasteiger partial charge in [0.15, 0.2) is 5.82 Å². The van der Waals surface area contributed by atoms with Gasteiger partial charge in [-0.15, -0.1) is 0 Å². The number of halogens is 1. The van der Waals surface area contributed by atoms with Crippen molar-refractivity contribution in [2.45, 2.75) is 25.9 Å². The lowest BCUT2D eigenvalue weighted by Gasteiger charge is -2.12. The van der Waals surface area contributed by atoms with Crippen LogP contribution in [0.25, 0.3) is 0 Å². The van der Waals surface area contributed by atoms with E-state index in [0.717, 1.165) is 12.8 Å². The Morgan fingerprint density at radius 2 is 2.33 bits per heavy atom. The topological polar surface area (TPSA) is 71.2 Å². The Bertz CT molecular complexity index is 320. The second kappa shape index (κ2) is 5.78. The molecule has 15 heavy (non-hydrogen) atoms. The van der Waals surface area contributed by atoms with E-state index < -0.39 is 0 Å². The number of aromatic nitrogens is 1. The zero-order valence-corrected chi connectivity index (χ0v) is 9.46. The van der Waals surface area contributed by atoms with Crippen molar-refractivity contribution in [2.75, 3.05) is 17.6 Å². The van der Waals surface area contributed by atoms with Gasteiger partial charge >= 0.3 is 0 Å². The van der Waals surface area contributed by atoms with Crippen molar-refractivity contribution >= 4 is 23.1 Å². The lowest BCUT2D eigenvalue weighted by atomic mass is 10.2. The van der Waals surface area contributed by atoms with Gasteiger partial charge in [-0.2, -0.15) is 0 Å². The lowest BCUT2D eigenvalue weighted by Crippen LogP contribution is -2.20. The number of nitrogens with one attached hydrogen (secondary N) is 1.